The van der Waals surface area contributed by atoms with Crippen LogP contribution in [-0.2, 0) is 0 Å². The summed E-state index contributed by atoms with van der Waals surface area (Å²) >= 11 is 0. The Bertz CT molecular complexity index is 1580. The molecular formula is C38H32N2O. The Morgan fingerprint density at radius 1 is 0.341 bits per heavy atom. The van der Waals surface area contributed by atoms with E-state index in [0.717, 1.165) is 45.6 Å². The van der Waals surface area contributed by atoms with Crippen molar-refractivity contribution in [1.82, 2.24) is 0 Å². The van der Waals surface area contributed by atoms with Crippen molar-refractivity contribution in [2.75, 3.05) is 9.80 Å². The van der Waals surface area contributed by atoms with Crippen molar-refractivity contribution in [1.29, 1.82) is 0 Å². The summed E-state index contributed by atoms with van der Waals surface area (Å²) in [5.74, 6) is 1.58. The summed E-state index contributed by atoms with van der Waals surface area (Å²) in [6, 6.07) is 54.5. The lowest BCUT2D eigenvalue weighted by atomic mass is 10.1. The summed E-state index contributed by atoms with van der Waals surface area (Å²) in [4.78, 5) is 4.52. The molecule has 0 N–H and O–H groups in total. The Morgan fingerprint density at radius 3 is 1.05 bits per heavy atom. The fraction of sp³-hybridized carbons (Fsp3) is 0.0526. The van der Waals surface area contributed by atoms with Gasteiger partial charge in [0, 0.05) is 34.1 Å². The standard InChI is InChI=1S/C38H32N2O/c1-29-11-9-17-35(27-29)39(31-13-5-3-6-14-31)33-19-23-37(24-20-33)41-38-25-21-34(22-26-38)40(32-15-7-4-8-16-32)36-18-10-12-30(2)28-36/h3-28H,1-2H3. The van der Waals surface area contributed by atoms with Gasteiger partial charge in [0.1, 0.15) is 11.5 Å². The normalized spacial score (nSPS) is 10.7. The molecule has 0 aliphatic carbocycles. The van der Waals surface area contributed by atoms with E-state index in [4.69, 9.17) is 4.74 Å². The number of rotatable bonds is 8. The molecule has 6 rings (SSSR count). The van der Waals surface area contributed by atoms with Gasteiger partial charge in [-0.2, -0.15) is 0 Å². The smallest absolute Gasteiger partial charge is 0.127 e. The van der Waals surface area contributed by atoms with Crippen molar-refractivity contribution in [2.24, 2.45) is 0 Å². The summed E-state index contributed by atoms with van der Waals surface area (Å²) in [5.41, 5.74) is 9.05. The monoisotopic (exact) mass is 532 g/mol. The van der Waals surface area contributed by atoms with Crippen LogP contribution in [0.3, 0.4) is 0 Å². The van der Waals surface area contributed by atoms with Crippen LogP contribution >= 0.6 is 0 Å². The Labute approximate surface area is 242 Å². The Morgan fingerprint density at radius 2 is 0.683 bits per heavy atom. The van der Waals surface area contributed by atoms with Crippen LogP contribution in [0.15, 0.2) is 158 Å². The second-order valence-electron chi connectivity index (χ2n) is 10.1. The molecule has 0 heterocycles. The average molecular weight is 533 g/mol. The zero-order valence-corrected chi connectivity index (χ0v) is 23.3. The highest BCUT2D eigenvalue weighted by atomic mass is 16.5. The molecule has 0 fully saturated rings. The molecule has 0 saturated heterocycles. The lowest BCUT2D eigenvalue weighted by molar-refractivity contribution is 0.483. The van der Waals surface area contributed by atoms with E-state index in [1.165, 1.54) is 11.1 Å². The van der Waals surface area contributed by atoms with Gasteiger partial charge >= 0.3 is 0 Å². The summed E-state index contributed by atoms with van der Waals surface area (Å²) in [7, 11) is 0. The molecule has 200 valence electrons. The summed E-state index contributed by atoms with van der Waals surface area (Å²) in [5, 5.41) is 0. The predicted octanol–water partition coefficient (Wildman–Crippen LogP) is 11.0. The van der Waals surface area contributed by atoms with E-state index >= 15 is 0 Å². The van der Waals surface area contributed by atoms with Crippen molar-refractivity contribution in [3.05, 3.63) is 169 Å². The van der Waals surface area contributed by atoms with E-state index in [0.29, 0.717) is 0 Å². The van der Waals surface area contributed by atoms with Gasteiger partial charge in [0.25, 0.3) is 0 Å². The summed E-state index contributed by atoms with van der Waals surface area (Å²) < 4.78 is 6.27. The number of nitrogens with zero attached hydrogens (tertiary/aromatic N) is 2. The summed E-state index contributed by atoms with van der Waals surface area (Å²) in [6.45, 7) is 4.24. The number of benzene rings is 6. The fourth-order valence-corrected chi connectivity index (χ4v) is 5.05. The van der Waals surface area contributed by atoms with Gasteiger partial charge in [0.2, 0.25) is 0 Å². The Kier molecular flexibility index (Phi) is 7.51. The van der Waals surface area contributed by atoms with Crippen molar-refractivity contribution >= 4 is 34.1 Å². The van der Waals surface area contributed by atoms with E-state index in [2.05, 4.69) is 145 Å². The van der Waals surface area contributed by atoms with Crippen LogP contribution in [0, 0.1) is 13.8 Å². The van der Waals surface area contributed by atoms with Gasteiger partial charge in [-0.25, -0.2) is 0 Å². The minimum atomic E-state index is 0.789. The number of aryl methyl sites for hydroxylation is 2. The fourth-order valence-electron chi connectivity index (χ4n) is 5.05. The third-order valence-electron chi connectivity index (χ3n) is 6.97. The van der Waals surface area contributed by atoms with E-state index in [1.807, 2.05) is 36.4 Å². The van der Waals surface area contributed by atoms with Crippen molar-refractivity contribution in [3.8, 4) is 11.5 Å². The van der Waals surface area contributed by atoms with Crippen LogP contribution in [-0.4, -0.2) is 0 Å². The number of anilines is 6. The molecular weight excluding hydrogens is 500 g/mol. The Hall–Kier alpha value is -5.28. The SMILES string of the molecule is Cc1cccc(N(c2ccccc2)c2ccc(Oc3ccc(N(c4ccccc4)c4cccc(C)c4)cc3)cc2)c1. The van der Waals surface area contributed by atoms with Crippen LogP contribution < -0.4 is 14.5 Å². The van der Waals surface area contributed by atoms with Gasteiger partial charge in [0.05, 0.1) is 0 Å². The molecule has 0 radical (unpaired) electrons. The Balaban J connectivity index is 1.25. The lowest BCUT2D eigenvalue weighted by Gasteiger charge is -2.26. The molecule has 3 nitrogen and oxygen atoms in total. The summed E-state index contributed by atoms with van der Waals surface area (Å²) in [6.07, 6.45) is 0. The van der Waals surface area contributed by atoms with Crippen LogP contribution in [0.25, 0.3) is 0 Å². The number of hydrogen-bond donors (Lipinski definition) is 0. The molecule has 3 heteroatoms. The van der Waals surface area contributed by atoms with Gasteiger partial charge in [-0.3, -0.25) is 0 Å². The lowest BCUT2D eigenvalue weighted by Crippen LogP contribution is -2.10. The second kappa shape index (κ2) is 11.8. The maximum absolute atomic E-state index is 6.27. The molecule has 6 aromatic carbocycles. The molecule has 0 spiro atoms. The molecule has 41 heavy (non-hydrogen) atoms. The third-order valence-corrected chi connectivity index (χ3v) is 6.97. The van der Waals surface area contributed by atoms with Gasteiger partial charge in [-0.05, 0) is 122 Å². The topological polar surface area (TPSA) is 15.7 Å². The number of ether oxygens (including phenoxy) is 1. The minimum Gasteiger partial charge on any atom is -0.457 e. The zero-order valence-electron chi connectivity index (χ0n) is 23.3. The van der Waals surface area contributed by atoms with Crippen molar-refractivity contribution in [2.45, 2.75) is 13.8 Å². The van der Waals surface area contributed by atoms with E-state index in [-0.39, 0.29) is 0 Å². The molecule has 6 aromatic rings. The number of para-hydroxylation sites is 2. The molecule has 0 bridgehead atoms. The highest BCUT2D eigenvalue weighted by Gasteiger charge is 2.14. The molecule has 0 atom stereocenters. The quantitative estimate of drug-likeness (QED) is 0.194. The highest BCUT2D eigenvalue weighted by Crippen LogP contribution is 2.38. The number of hydrogen-bond acceptors (Lipinski definition) is 3. The average Bonchev–Trinajstić information content (AvgIpc) is 3.00. The van der Waals surface area contributed by atoms with Gasteiger partial charge in [-0.15, -0.1) is 0 Å². The second-order valence-corrected chi connectivity index (χ2v) is 10.1. The first-order valence-electron chi connectivity index (χ1n) is 13.9. The van der Waals surface area contributed by atoms with E-state index < -0.39 is 0 Å². The molecule has 0 aromatic heterocycles. The molecule has 0 aliphatic rings. The maximum Gasteiger partial charge on any atom is 0.127 e. The van der Waals surface area contributed by atoms with E-state index in [9.17, 15) is 0 Å². The predicted molar refractivity (Wildman–Crippen MR) is 172 cm³/mol. The first kappa shape index (κ1) is 26.0. The molecule has 0 aliphatic heterocycles. The molecule has 0 unspecified atom stereocenters. The first-order valence-corrected chi connectivity index (χ1v) is 13.9. The van der Waals surface area contributed by atoms with Crippen LogP contribution in [0.1, 0.15) is 11.1 Å². The van der Waals surface area contributed by atoms with Crippen molar-refractivity contribution in [3.63, 3.8) is 0 Å². The molecule has 0 amide bonds. The van der Waals surface area contributed by atoms with Crippen LogP contribution in [0.5, 0.6) is 11.5 Å². The highest BCUT2D eigenvalue weighted by molar-refractivity contribution is 5.78. The van der Waals surface area contributed by atoms with Crippen LogP contribution in [0.4, 0.5) is 34.1 Å². The molecule has 0 saturated carbocycles. The van der Waals surface area contributed by atoms with Gasteiger partial charge in [-0.1, -0.05) is 60.7 Å². The van der Waals surface area contributed by atoms with E-state index in [1.54, 1.807) is 0 Å². The minimum absolute atomic E-state index is 0.789. The van der Waals surface area contributed by atoms with Crippen molar-refractivity contribution < 1.29 is 4.74 Å². The maximum atomic E-state index is 6.27. The first-order chi connectivity index (χ1) is 20.1. The zero-order chi connectivity index (χ0) is 28.0. The largest absolute Gasteiger partial charge is 0.457 e. The third kappa shape index (κ3) is 6.00. The van der Waals surface area contributed by atoms with Gasteiger partial charge < -0.3 is 14.5 Å². The van der Waals surface area contributed by atoms with Crippen LogP contribution in [0.2, 0.25) is 0 Å². The van der Waals surface area contributed by atoms with Gasteiger partial charge in [0.15, 0.2) is 0 Å².